The topological polar surface area (TPSA) is 103 Å². The predicted molar refractivity (Wildman–Crippen MR) is 58.5 cm³/mol. The molecule has 0 radical (unpaired) electrons. The van der Waals surface area contributed by atoms with Crippen LogP contribution in [0.1, 0.15) is 17.4 Å². The van der Waals surface area contributed by atoms with E-state index in [-0.39, 0.29) is 12.2 Å². The first-order valence-corrected chi connectivity index (χ1v) is 5.37. The normalized spacial score (nSPS) is 32.9. The van der Waals surface area contributed by atoms with Crippen LogP contribution in [-0.2, 0) is 4.74 Å². The Labute approximate surface area is 97.5 Å². The Morgan fingerprint density at radius 1 is 1.35 bits per heavy atom. The number of ether oxygens (including phenoxy) is 1. The zero-order chi connectivity index (χ0) is 12.6. The maximum absolute atomic E-state index is 11.1. The molecule has 1 aromatic heterocycles. The number of hydrogen-bond acceptors (Lipinski definition) is 5. The van der Waals surface area contributed by atoms with E-state index in [2.05, 4.69) is 4.98 Å². The fraction of sp³-hybridized carbons (Fsp3) is 0.545. The maximum atomic E-state index is 11.1. The van der Waals surface area contributed by atoms with E-state index in [0.717, 1.165) is 0 Å². The third-order valence-corrected chi connectivity index (χ3v) is 3.01. The van der Waals surface area contributed by atoms with Gasteiger partial charge in [0.25, 0.3) is 0 Å². The molecule has 0 spiro atoms. The van der Waals surface area contributed by atoms with E-state index < -0.39 is 24.4 Å². The lowest BCUT2D eigenvalue weighted by Gasteiger charge is -2.16. The number of hydrogen-bond donors (Lipinski definition) is 4. The van der Waals surface area contributed by atoms with Crippen LogP contribution in [0.3, 0.4) is 0 Å². The van der Waals surface area contributed by atoms with Gasteiger partial charge in [-0.05, 0) is 13.0 Å². The van der Waals surface area contributed by atoms with Crippen LogP contribution in [0.5, 0.6) is 0 Å². The highest BCUT2D eigenvalue weighted by Gasteiger charge is 2.43. The summed E-state index contributed by atoms with van der Waals surface area (Å²) in [5.41, 5.74) is 0.942. The average molecular weight is 241 g/mol. The molecule has 2 heterocycles. The molecule has 2 unspecified atom stereocenters. The van der Waals surface area contributed by atoms with Crippen LogP contribution in [0.15, 0.2) is 16.9 Å². The fourth-order valence-corrected chi connectivity index (χ4v) is 2.05. The Morgan fingerprint density at radius 2 is 2.06 bits per heavy atom. The second-order valence-electron chi connectivity index (χ2n) is 4.16. The predicted octanol–water partition coefficient (Wildman–Crippen LogP) is -1.16. The monoisotopic (exact) mass is 241 g/mol. The Balaban J connectivity index is 2.32. The van der Waals surface area contributed by atoms with Crippen LogP contribution in [0.2, 0.25) is 0 Å². The number of aromatic amines is 1. The van der Waals surface area contributed by atoms with E-state index in [9.17, 15) is 15.0 Å². The first kappa shape index (κ1) is 12.3. The Kier molecular flexibility index (Phi) is 3.30. The molecule has 0 saturated carbocycles. The lowest BCUT2D eigenvalue weighted by molar-refractivity contribution is -0.0230. The minimum atomic E-state index is -1.13. The number of aryl methyl sites for hydroxylation is 1. The SMILES string of the molecule is Cc1[nH]c(=O)ccc1[C@@H]1O[C@H](CO)C(O)C1O. The molecule has 6 heteroatoms. The smallest absolute Gasteiger partial charge is 0.248 e. The first-order valence-electron chi connectivity index (χ1n) is 5.37. The number of aliphatic hydroxyl groups is 3. The van der Waals surface area contributed by atoms with Crippen molar-refractivity contribution in [3.05, 3.63) is 33.7 Å². The van der Waals surface area contributed by atoms with Crippen molar-refractivity contribution in [2.45, 2.75) is 31.3 Å². The summed E-state index contributed by atoms with van der Waals surface area (Å²) in [6.07, 6.45) is -3.78. The highest BCUT2D eigenvalue weighted by Crippen LogP contribution is 2.33. The van der Waals surface area contributed by atoms with Gasteiger partial charge >= 0.3 is 0 Å². The van der Waals surface area contributed by atoms with Gasteiger partial charge in [-0.3, -0.25) is 4.79 Å². The fourth-order valence-electron chi connectivity index (χ4n) is 2.05. The molecular weight excluding hydrogens is 226 g/mol. The number of nitrogens with one attached hydrogen (secondary N) is 1. The van der Waals surface area contributed by atoms with Crippen molar-refractivity contribution in [3.8, 4) is 0 Å². The number of rotatable bonds is 2. The third-order valence-electron chi connectivity index (χ3n) is 3.01. The molecule has 6 nitrogen and oxygen atoms in total. The third kappa shape index (κ3) is 2.12. The summed E-state index contributed by atoms with van der Waals surface area (Å²) in [6, 6.07) is 2.88. The zero-order valence-corrected chi connectivity index (χ0v) is 9.33. The Hall–Kier alpha value is -1.21. The van der Waals surface area contributed by atoms with Gasteiger partial charge in [-0.25, -0.2) is 0 Å². The molecule has 4 atom stereocenters. The van der Waals surface area contributed by atoms with Gasteiger partial charge in [0, 0.05) is 17.3 Å². The van der Waals surface area contributed by atoms with Crippen molar-refractivity contribution in [1.82, 2.24) is 4.98 Å². The van der Waals surface area contributed by atoms with Crippen LogP contribution >= 0.6 is 0 Å². The second-order valence-corrected chi connectivity index (χ2v) is 4.16. The molecule has 17 heavy (non-hydrogen) atoms. The average Bonchev–Trinajstić information content (AvgIpc) is 2.57. The van der Waals surface area contributed by atoms with Crippen LogP contribution < -0.4 is 5.56 Å². The van der Waals surface area contributed by atoms with Crippen molar-refractivity contribution in [3.63, 3.8) is 0 Å². The largest absolute Gasteiger partial charge is 0.394 e. The molecule has 1 fully saturated rings. The van der Waals surface area contributed by atoms with Gasteiger partial charge in [-0.2, -0.15) is 0 Å². The highest BCUT2D eigenvalue weighted by molar-refractivity contribution is 5.24. The molecule has 94 valence electrons. The highest BCUT2D eigenvalue weighted by atomic mass is 16.6. The van der Waals surface area contributed by atoms with Crippen LogP contribution in [0.25, 0.3) is 0 Å². The summed E-state index contributed by atoms with van der Waals surface area (Å²) in [6.45, 7) is 1.32. The van der Waals surface area contributed by atoms with Crippen molar-refractivity contribution >= 4 is 0 Å². The Bertz CT molecular complexity index is 457. The molecule has 1 aliphatic heterocycles. The number of pyridine rings is 1. The van der Waals surface area contributed by atoms with Crippen LogP contribution in [0, 0.1) is 6.92 Å². The van der Waals surface area contributed by atoms with Gasteiger partial charge in [-0.15, -0.1) is 0 Å². The van der Waals surface area contributed by atoms with E-state index in [0.29, 0.717) is 11.3 Å². The summed E-state index contributed by atoms with van der Waals surface area (Å²) in [5.74, 6) is 0. The standard InChI is InChI=1S/C11H15NO5/c1-5-6(2-3-8(14)12-5)11-10(16)9(15)7(4-13)17-11/h2-3,7,9-11,13,15-16H,4H2,1H3,(H,12,14)/t7-,9?,10?,11+/m1/s1. The summed E-state index contributed by atoms with van der Waals surface area (Å²) in [7, 11) is 0. The molecule has 0 aromatic carbocycles. The van der Waals surface area contributed by atoms with Crippen LogP contribution in [0.4, 0.5) is 0 Å². The molecular formula is C11H15NO5. The van der Waals surface area contributed by atoms with Gasteiger partial charge in [0.2, 0.25) is 5.56 Å². The molecule has 1 aromatic rings. The van der Waals surface area contributed by atoms with Gasteiger partial charge < -0.3 is 25.0 Å². The second kappa shape index (κ2) is 4.58. The molecule has 2 rings (SSSR count). The molecule has 0 amide bonds. The van der Waals surface area contributed by atoms with E-state index in [4.69, 9.17) is 9.84 Å². The van der Waals surface area contributed by atoms with Gasteiger partial charge in [-0.1, -0.05) is 0 Å². The molecule has 1 aliphatic rings. The number of H-pyrrole nitrogens is 1. The van der Waals surface area contributed by atoms with E-state index in [1.54, 1.807) is 13.0 Å². The lowest BCUT2D eigenvalue weighted by atomic mass is 10.0. The van der Waals surface area contributed by atoms with Crippen molar-refractivity contribution in [2.24, 2.45) is 0 Å². The quantitative estimate of drug-likeness (QED) is 0.523. The molecule has 0 bridgehead atoms. The van der Waals surface area contributed by atoms with Crippen molar-refractivity contribution in [1.29, 1.82) is 0 Å². The zero-order valence-electron chi connectivity index (χ0n) is 9.33. The molecule has 4 N–H and O–H groups in total. The van der Waals surface area contributed by atoms with Crippen molar-refractivity contribution < 1.29 is 20.1 Å². The van der Waals surface area contributed by atoms with Gasteiger partial charge in [0.15, 0.2) is 0 Å². The summed E-state index contributed by atoms with van der Waals surface area (Å²) >= 11 is 0. The molecule has 0 aliphatic carbocycles. The minimum absolute atomic E-state index is 0.238. The summed E-state index contributed by atoms with van der Waals surface area (Å²) in [4.78, 5) is 13.7. The van der Waals surface area contributed by atoms with Crippen LogP contribution in [-0.4, -0.2) is 45.2 Å². The van der Waals surface area contributed by atoms with Gasteiger partial charge in [0.05, 0.1) is 6.61 Å². The summed E-state index contributed by atoms with van der Waals surface area (Å²) < 4.78 is 5.37. The first-order chi connectivity index (χ1) is 8.04. The van der Waals surface area contributed by atoms with E-state index in [1.807, 2.05) is 0 Å². The minimum Gasteiger partial charge on any atom is -0.394 e. The Morgan fingerprint density at radius 3 is 2.59 bits per heavy atom. The summed E-state index contributed by atoms with van der Waals surface area (Å²) in [5, 5.41) is 28.4. The molecule has 1 saturated heterocycles. The maximum Gasteiger partial charge on any atom is 0.248 e. The number of aromatic nitrogens is 1. The lowest BCUT2D eigenvalue weighted by Crippen LogP contribution is -2.32. The van der Waals surface area contributed by atoms with Gasteiger partial charge in [0.1, 0.15) is 24.4 Å². The van der Waals surface area contributed by atoms with E-state index >= 15 is 0 Å². The number of aliphatic hydroxyl groups excluding tert-OH is 3. The van der Waals surface area contributed by atoms with E-state index in [1.165, 1.54) is 6.07 Å². The van der Waals surface area contributed by atoms with Crippen molar-refractivity contribution in [2.75, 3.05) is 6.61 Å².